The van der Waals surface area contributed by atoms with Crippen LogP contribution in [0.2, 0.25) is 0 Å². The molecule has 2 aliphatic heterocycles. The minimum Gasteiger partial charge on any atom is -0.387 e. The number of amides is 4. The molecular weight excluding hydrogens is 660 g/mol. The number of carbonyl (C=O) groups excluding carboxylic acids is 5. The fraction of sp³-hybridized carbons (Fsp3) is 0.625. The molecule has 52 heavy (non-hydrogen) atoms. The molecule has 2 saturated carbocycles. The number of carbonyl (C=O) groups is 5. The summed E-state index contributed by atoms with van der Waals surface area (Å²) in [6.45, 7) is 7.63. The van der Waals surface area contributed by atoms with Gasteiger partial charge in [-0.1, -0.05) is 89.2 Å². The van der Waals surface area contributed by atoms with Crippen LogP contribution < -0.4 is 16.0 Å². The molecule has 1 aromatic heterocycles. The molecular formula is C40H54N6O6. The van der Waals surface area contributed by atoms with E-state index in [4.69, 9.17) is 4.84 Å². The van der Waals surface area contributed by atoms with Crippen LogP contribution in [0.25, 0.3) is 10.9 Å². The van der Waals surface area contributed by atoms with Crippen LogP contribution in [0.1, 0.15) is 117 Å². The van der Waals surface area contributed by atoms with Crippen molar-refractivity contribution in [1.82, 2.24) is 25.8 Å². The van der Waals surface area contributed by atoms with E-state index in [9.17, 15) is 24.0 Å². The molecule has 0 bridgehead atoms. The van der Waals surface area contributed by atoms with Crippen molar-refractivity contribution in [2.24, 2.45) is 16.5 Å². The maximum absolute atomic E-state index is 14.7. The zero-order valence-corrected chi connectivity index (χ0v) is 31.0. The third kappa shape index (κ3) is 8.64. The normalized spacial score (nSPS) is 23.3. The molecule has 1 spiro atoms. The number of nitrogens with one attached hydrogen (secondary N) is 3. The highest BCUT2D eigenvalue weighted by Crippen LogP contribution is 2.41. The largest absolute Gasteiger partial charge is 0.387 e. The van der Waals surface area contributed by atoms with E-state index in [1.54, 1.807) is 6.20 Å². The van der Waals surface area contributed by atoms with Crippen molar-refractivity contribution in [3.8, 4) is 0 Å². The van der Waals surface area contributed by atoms with Gasteiger partial charge >= 0.3 is 0 Å². The molecule has 3 N–H and O–H groups in total. The number of likely N-dealkylation sites (tertiary alicyclic amines) is 1. The van der Waals surface area contributed by atoms with Gasteiger partial charge in [-0.25, -0.2) is 0 Å². The van der Waals surface area contributed by atoms with Crippen molar-refractivity contribution >= 4 is 46.0 Å². The molecule has 2 aromatic rings. The lowest BCUT2D eigenvalue weighted by Crippen LogP contribution is -2.59. The van der Waals surface area contributed by atoms with Crippen molar-refractivity contribution in [1.29, 1.82) is 0 Å². The molecule has 4 amide bonds. The Hall–Kier alpha value is -4.35. The van der Waals surface area contributed by atoms with Gasteiger partial charge < -0.3 is 25.7 Å². The second-order valence-corrected chi connectivity index (χ2v) is 16.4. The summed E-state index contributed by atoms with van der Waals surface area (Å²) in [6.07, 6.45) is 11.6. The van der Waals surface area contributed by atoms with E-state index in [1.165, 1.54) is 17.7 Å². The highest BCUT2D eigenvalue weighted by molar-refractivity contribution is 6.38. The Balaban J connectivity index is 1.26. The molecule has 4 aliphatic rings. The second-order valence-electron chi connectivity index (χ2n) is 16.4. The van der Waals surface area contributed by atoms with E-state index in [1.807, 2.05) is 58.0 Å². The summed E-state index contributed by atoms with van der Waals surface area (Å²) in [5.41, 5.74) is 0.553. The van der Waals surface area contributed by atoms with Gasteiger partial charge in [-0.05, 0) is 49.5 Å². The topological polar surface area (TPSA) is 159 Å². The molecule has 0 unspecified atom stereocenters. The number of pyridine rings is 1. The first-order valence-electron chi connectivity index (χ1n) is 19.2. The van der Waals surface area contributed by atoms with Gasteiger partial charge in [-0.2, -0.15) is 0 Å². The number of rotatable bonds is 12. The Bertz CT molecular complexity index is 1700. The molecule has 280 valence electrons. The van der Waals surface area contributed by atoms with Crippen LogP contribution in [0, 0.1) is 11.3 Å². The lowest BCUT2D eigenvalue weighted by molar-refractivity contribution is -0.145. The fourth-order valence-electron chi connectivity index (χ4n) is 7.94. The summed E-state index contributed by atoms with van der Waals surface area (Å²) in [4.78, 5) is 80.8. The first kappa shape index (κ1) is 37.4. The number of benzene rings is 1. The van der Waals surface area contributed by atoms with Crippen LogP contribution in [0.3, 0.4) is 0 Å². The van der Waals surface area contributed by atoms with Crippen LogP contribution in [-0.4, -0.2) is 81.3 Å². The molecule has 2 aliphatic carbocycles. The van der Waals surface area contributed by atoms with Gasteiger partial charge in [0.05, 0.1) is 23.8 Å². The smallest absolute Gasteiger partial charge is 0.289 e. The number of oxime groups is 1. The van der Waals surface area contributed by atoms with E-state index in [-0.39, 0.29) is 37.3 Å². The van der Waals surface area contributed by atoms with E-state index in [2.05, 4.69) is 26.1 Å². The van der Waals surface area contributed by atoms with Crippen LogP contribution in [0.5, 0.6) is 0 Å². The second kappa shape index (κ2) is 15.7. The average Bonchev–Trinajstić information content (AvgIpc) is 3.80. The van der Waals surface area contributed by atoms with Crippen molar-refractivity contribution < 1.29 is 28.8 Å². The minimum absolute atomic E-state index is 0.00465. The zero-order valence-electron chi connectivity index (χ0n) is 31.0. The first-order valence-corrected chi connectivity index (χ1v) is 19.2. The van der Waals surface area contributed by atoms with Crippen LogP contribution in [0.4, 0.5) is 0 Å². The highest BCUT2D eigenvalue weighted by Gasteiger charge is 2.56. The quantitative estimate of drug-likeness (QED) is 0.212. The van der Waals surface area contributed by atoms with E-state index >= 15 is 0 Å². The third-order valence-corrected chi connectivity index (χ3v) is 11.0. The monoisotopic (exact) mass is 714 g/mol. The number of aromatic nitrogens is 1. The van der Waals surface area contributed by atoms with Gasteiger partial charge in [-0.3, -0.25) is 29.0 Å². The molecule has 1 saturated heterocycles. The maximum atomic E-state index is 14.7. The first-order chi connectivity index (χ1) is 24.9. The number of fused-ring (bicyclic) bond motifs is 1. The Kier molecular flexibility index (Phi) is 11.3. The molecule has 12 heteroatoms. The molecule has 0 radical (unpaired) electrons. The summed E-state index contributed by atoms with van der Waals surface area (Å²) in [6, 6.07) is 6.70. The summed E-state index contributed by atoms with van der Waals surface area (Å²) in [7, 11) is 0. The lowest BCUT2D eigenvalue weighted by Gasteiger charge is -2.36. The van der Waals surface area contributed by atoms with Crippen molar-refractivity contribution in [3.63, 3.8) is 0 Å². The van der Waals surface area contributed by atoms with E-state index in [0.717, 1.165) is 55.0 Å². The predicted molar refractivity (Wildman–Crippen MR) is 197 cm³/mol. The Labute approximate surface area is 306 Å². The van der Waals surface area contributed by atoms with Crippen molar-refractivity contribution in [2.45, 2.75) is 141 Å². The van der Waals surface area contributed by atoms with Gasteiger partial charge in [-0.15, -0.1) is 0 Å². The third-order valence-electron chi connectivity index (χ3n) is 11.0. The Morgan fingerprint density at radius 1 is 0.981 bits per heavy atom. The summed E-state index contributed by atoms with van der Waals surface area (Å²) in [5.74, 6) is -2.23. The summed E-state index contributed by atoms with van der Waals surface area (Å²) >= 11 is 0. The molecule has 1 aromatic carbocycles. The molecule has 3 heterocycles. The van der Waals surface area contributed by atoms with Crippen LogP contribution in [0.15, 0.2) is 41.7 Å². The summed E-state index contributed by atoms with van der Waals surface area (Å²) < 4.78 is 0. The number of para-hydroxylation sites is 1. The Morgan fingerprint density at radius 3 is 2.40 bits per heavy atom. The highest BCUT2D eigenvalue weighted by atomic mass is 16.7. The molecule has 6 rings (SSSR count). The van der Waals surface area contributed by atoms with E-state index in [0.29, 0.717) is 25.0 Å². The van der Waals surface area contributed by atoms with Crippen LogP contribution >= 0.6 is 0 Å². The average molecular weight is 715 g/mol. The van der Waals surface area contributed by atoms with Gasteiger partial charge in [0.15, 0.2) is 5.60 Å². The molecule has 12 nitrogen and oxygen atoms in total. The minimum atomic E-state index is -1.04. The SMILES string of the molecule is CCC[C@H](NC(=O)[C@@H]1C[C@]2(CC(c3cccc4cccnc34)=NO2)CN1C(=O)[C@@H](NC(=O)CC1CCCCCC1)C(C)(C)C)C(=O)C(=O)NC1CC1. The van der Waals surface area contributed by atoms with Crippen molar-refractivity contribution in [2.75, 3.05) is 6.54 Å². The molecule has 4 atom stereocenters. The number of hydrogen-bond donors (Lipinski definition) is 3. The fourth-order valence-corrected chi connectivity index (χ4v) is 7.94. The van der Waals surface area contributed by atoms with Gasteiger partial charge in [0.1, 0.15) is 12.1 Å². The predicted octanol–water partition coefficient (Wildman–Crippen LogP) is 4.72. The Morgan fingerprint density at radius 2 is 1.71 bits per heavy atom. The van der Waals surface area contributed by atoms with E-state index < -0.39 is 52.6 Å². The number of hydrogen-bond acceptors (Lipinski definition) is 8. The van der Waals surface area contributed by atoms with Gasteiger partial charge in [0.25, 0.3) is 5.91 Å². The lowest BCUT2D eigenvalue weighted by atomic mass is 9.85. The molecule has 3 fully saturated rings. The number of nitrogens with zero attached hydrogens (tertiary/aromatic N) is 3. The maximum Gasteiger partial charge on any atom is 0.289 e. The number of ketones is 1. The van der Waals surface area contributed by atoms with Gasteiger partial charge in [0.2, 0.25) is 23.5 Å². The number of Topliss-reactive ketones (excluding diaryl/α,β-unsaturated/α-hetero) is 1. The van der Waals surface area contributed by atoms with Crippen LogP contribution in [-0.2, 0) is 28.8 Å². The standard InChI is InChI=1S/C40H54N6O6/c1-5-12-29(34(48)37(50)42-27-18-19-27)43-36(49)31-23-40(22-30(45-52-40)28-17-10-15-26-16-11-20-41-33(26)28)24-46(31)38(51)35(39(2,3)4)44-32(47)21-25-13-8-6-7-9-14-25/h10-11,15-17,20,25,27,29,31,35H,5-9,12-14,18-19,21-24H2,1-4H3,(H,42,50)(H,43,49)(H,44,47)/t29-,31-,35+,40+/m0/s1. The van der Waals surface area contributed by atoms with Gasteiger partial charge in [0, 0.05) is 42.5 Å². The zero-order chi connectivity index (χ0) is 37.0. The van der Waals surface area contributed by atoms with Crippen molar-refractivity contribution in [3.05, 3.63) is 42.1 Å². The summed E-state index contributed by atoms with van der Waals surface area (Å²) in [5, 5.41) is 14.1.